The van der Waals surface area contributed by atoms with Gasteiger partial charge in [-0.15, -0.1) is 0 Å². The summed E-state index contributed by atoms with van der Waals surface area (Å²) in [6.07, 6.45) is 1.65. The zero-order valence-corrected chi connectivity index (χ0v) is 13.3. The predicted molar refractivity (Wildman–Crippen MR) is 85.6 cm³/mol. The Labute approximate surface area is 125 Å². The number of benzene rings is 1. The summed E-state index contributed by atoms with van der Waals surface area (Å²) in [6.45, 7) is 4.18. The number of hydrogen-bond acceptors (Lipinski definition) is 4. The summed E-state index contributed by atoms with van der Waals surface area (Å²) in [7, 11) is 1.68. The van der Waals surface area contributed by atoms with Gasteiger partial charge in [-0.1, -0.05) is 26.0 Å². The quantitative estimate of drug-likeness (QED) is 0.757. The van der Waals surface area contributed by atoms with E-state index in [2.05, 4.69) is 19.1 Å². The van der Waals surface area contributed by atoms with Gasteiger partial charge in [0.1, 0.15) is 11.8 Å². The van der Waals surface area contributed by atoms with Crippen molar-refractivity contribution in [2.45, 2.75) is 32.7 Å². The van der Waals surface area contributed by atoms with Gasteiger partial charge in [-0.3, -0.25) is 4.79 Å². The average molecular weight is 299 g/mol. The van der Waals surface area contributed by atoms with E-state index < -0.39 is 12.0 Å². The highest BCUT2D eigenvalue weighted by atomic mass is 32.2. The molecule has 0 radical (unpaired) electrons. The molecule has 0 saturated heterocycles. The van der Waals surface area contributed by atoms with E-state index in [-0.39, 0.29) is 0 Å². The number of methoxy groups -OCH3 is 1. The molecule has 0 saturated carbocycles. The molecule has 1 rings (SSSR count). The van der Waals surface area contributed by atoms with Crippen molar-refractivity contribution in [2.75, 3.05) is 18.6 Å². The number of nitrogens with two attached hydrogens (primary N) is 1. The molecule has 20 heavy (non-hydrogen) atoms. The number of aryl methyl sites for hydroxylation is 1. The van der Waals surface area contributed by atoms with Gasteiger partial charge in [0.25, 0.3) is 0 Å². The number of carboxylic acid groups (broad SMARTS) is 1. The lowest BCUT2D eigenvalue weighted by Crippen LogP contribution is -2.30. The Kier molecular flexibility index (Phi) is 10.9. The topological polar surface area (TPSA) is 72.6 Å². The van der Waals surface area contributed by atoms with Crippen LogP contribution in [0.5, 0.6) is 5.75 Å². The predicted octanol–water partition coefficient (Wildman–Crippen LogP) is 2.80. The molecule has 0 heterocycles. The van der Waals surface area contributed by atoms with Gasteiger partial charge in [0.2, 0.25) is 0 Å². The summed E-state index contributed by atoms with van der Waals surface area (Å²) >= 11 is 1.71. The van der Waals surface area contributed by atoms with E-state index in [4.69, 9.17) is 15.6 Å². The van der Waals surface area contributed by atoms with Gasteiger partial charge in [-0.25, -0.2) is 0 Å². The van der Waals surface area contributed by atoms with E-state index in [1.54, 1.807) is 18.9 Å². The molecule has 5 heteroatoms. The van der Waals surface area contributed by atoms with Crippen LogP contribution in [0.4, 0.5) is 0 Å². The highest BCUT2D eigenvalue weighted by molar-refractivity contribution is 7.99. The summed E-state index contributed by atoms with van der Waals surface area (Å²) in [5.41, 5.74) is 6.59. The molecule has 0 fully saturated rings. The maximum Gasteiger partial charge on any atom is 0.320 e. The molecule has 1 aromatic carbocycles. The maximum absolute atomic E-state index is 10.2. The molecule has 0 aliphatic heterocycles. The fraction of sp³-hybridized carbons (Fsp3) is 0.533. The van der Waals surface area contributed by atoms with Gasteiger partial charge in [0, 0.05) is 0 Å². The second-order valence-corrected chi connectivity index (χ2v) is 5.53. The minimum atomic E-state index is -0.906. The van der Waals surface area contributed by atoms with E-state index in [0.717, 1.165) is 23.7 Å². The van der Waals surface area contributed by atoms with E-state index in [9.17, 15) is 4.79 Å². The van der Waals surface area contributed by atoms with Gasteiger partial charge in [-0.2, -0.15) is 11.8 Å². The Bertz CT molecular complexity index is 345. The Morgan fingerprint density at radius 2 is 1.95 bits per heavy atom. The van der Waals surface area contributed by atoms with Crippen molar-refractivity contribution in [1.82, 2.24) is 0 Å². The van der Waals surface area contributed by atoms with Crippen molar-refractivity contribution in [3.8, 4) is 5.75 Å². The van der Waals surface area contributed by atoms with E-state index in [1.165, 1.54) is 5.56 Å². The van der Waals surface area contributed by atoms with E-state index in [1.807, 2.05) is 19.1 Å². The van der Waals surface area contributed by atoms with Gasteiger partial charge < -0.3 is 15.6 Å². The first-order chi connectivity index (χ1) is 9.54. The second kappa shape index (κ2) is 11.6. The highest BCUT2D eigenvalue weighted by Gasteiger charge is 2.09. The number of carboxylic acids is 1. The maximum atomic E-state index is 10.2. The first-order valence-electron chi connectivity index (χ1n) is 6.74. The third-order valence-electron chi connectivity index (χ3n) is 2.66. The largest absolute Gasteiger partial charge is 0.497 e. The van der Waals surface area contributed by atoms with Crippen molar-refractivity contribution in [2.24, 2.45) is 5.73 Å². The van der Waals surface area contributed by atoms with Crippen LogP contribution in [0.2, 0.25) is 0 Å². The third-order valence-corrected chi connectivity index (χ3v) is 3.59. The third kappa shape index (κ3) is 8.82. The lowest BCUT2D eigenvalue weighted by Gasteiger charge is -2.03. The fourth-order valence-corrected chi connectivity index (χ4v) is 2.05. The molecule has 114 valence electrons. The minimum absolute atomic E-state index is 0.563. The normalized spacial score (nSPS) is 11.2. The number of carbonyl (C=O) groups is 1. The van der Waals surface area contributed by atoms with Crippen LogP contribution >= 0.6 is 11.8 Å². The van der Waals surface area contributed by atoms with Crippen molar-refractivity contribution in [1.29, 1.82) is 0 Å². The number of ether oxygens (including phenoxy) is 1. The van der Waals surface area contributed by atoms with Crippen LogP contribution in [-0.2, 0) is 11.2 Å². The molecule has 0 spiro atoms. The minimum Gasteiger partial charge on any atom is -0.497 e. The van der Waals surface area contributed by atoms with Gasteiger partial charge in [0.05, 0.1) is 7.11 Å². The van der Waals surface area contributed by atoms with Crippen molar-refractivity contribution >= 4 is 17.7 Å². The summed E-state index contributed by atoms with van der Waals surface area (Å²) in [5, 5.41) is 8.35. The summed E-state index contributed by atoms with van der Waals surface area (Å²) < 4.78 is 5.01. The molecule has 1 aromatic rings. The molecule has 4 nitrogen and oxygen atoms in total. The second-order valence-electron chi connectivity index (χ2n) is 4.13. The molecule has 3 N–H and O–H groups in total. The zero-order chi connectivity index (χ0) is 15.4. The van der Waals surface area contributed by atoms with Crippen LogP contribution in [0.3, 0.4) is 0 Å². The van der Waals surface area contributed by atoms with Gasteiger partial charge in [0.15, 0.2) is 0 Å². The molecule has 0 unspecified atom stereocenters. The average Bonchev–Trinajstić information content (AvgIpc) is 2.48. The summed E-state index contributed by atoms with van der Waals surface area (Å²) in [6, 6.07) is 7.45. The lowest BCUT2D eigenvalue weighted by molar-refractivity contribution is -0.138. The van der Waals surface area contributed by atoms with E-state index in [0.29, 0.717) is 6.42 Å². The Hall–Kier alpha value is -1.20. The molecule has 0 aromatic heterocycles. The Morgan fingerprint density at radius 1 is 1.35 bits per heavy atom. The smallest absolute Gasteiger partial charge is 0.320 e. The van der Waals surface area contributed by atoms with Crippen molar-refractivity contribution in [3.05, 3.63) is 29.8 Å². The van der Waals surface area contributed by atoms with Crippen LogP contribution in [0, 0.1) is 0 Å². The number of rotatable bonds is 7. The van der Waals surface area contributed by atoms with Crippen LogP contribution in [-0.4, -0.2) is 35.7 Å². The molecular weight excluding hydrogens is 274 g/mol. The van der Waals surface area contributed by atoms with Gasteiger partial charge >= 0.3 is 5.97 Å². The molecule has 0 aliphatic rings. The molecule has 0 amide bonds. The van der Waals surface area contributed by atoms with Crippen LogP contribution < -0.4 is 10.5 Å². The summed E-state index contributed by atoms with van der Waals surface area (Å²) in [4.78, 5) is 10.2. The number of thioether (sulfide) groups is 1. The van der Waals surface area contributed by atoms with Crippen LogP contribution in [0.1, 0.15) is 25.8 Å². The molecule has 1 atom stereocenters. The fourth-order valence-electron chi connectivity index (χ4n) is 1.34. The zero-order valence-electron chi connectivity index (χ0n) is 12.5. The Morgan fingerprint density at radius 3 is 2.35 bits per heavy atom. The standard InChI is InChI=1S/C9H12O.C6H13NO2S/c1-3-8-4-6-9(10-2)7-5-8;1-2-10-4-3-5(7)6(8)9/h4-7H,3H2,1-2H3;5H,2-4,7H2,1H3,(H,8,9)/t;5-/m.0/s1. The number of aliphatic carboxylic acids is 1. The Balaban J connectivity index is 0.000000361. The first kappa shape index (κ1) is 18.8. The van der Waals surface area contributed by atoms with Crippen LogP contribution in [0.15, 0.2) is 24.3 Å². The monoisotopic (exact) mass is 299 g/mol. The van der Waals surface area contributed by atoms with Gasteiger partial charge in [-0.05, 0) is 42.0 Å². The molecular formula is C15H25NO3S. The summed E-state index contributed by atoms with van der Waals surface area (Å²) in [5.74, 6) is 1.88. The SMILES string of the molecule is CCSCC[C@H](N)C(=O)O.CCc1ccc(OC)cc1. The van der Waals surface area contributed by atoms with Crippen molar-refractivity contribution < 1.29 is 14.6 Å². The highest BCUT2D eigenvalue weighted by Crippen LogP contribution is 2.10. The van der Waals surface area contributed by atoms with Crippen molar-refractivity contribution in [3.63, 3.8) is 0 Å². The molecule has 0 bridgehead atoms. The molecule has 0 aliphatic carbocycles. The van der Waals surface area contributed by atoms with Crippen LogP contribution in [0.25, 0.3) is 0 Å². The first-order valence-corrected chi connectivity index (χ1v) is 7.89. The number of hydrogen-bond donors (Lipinski definition) is 2. The lowest BCUT2D eigenvalue weighted by atomic mass is 10.2. The van der Waals surface area contributed by atoms with E-state index >= 15 is 0 Å².